The second kappa shape index (κ2) is 9.88. The number of aromatic nitrogens is 2. The lowest BCUT2D eigenvalue weighted by Crippen LogP contribution is -2.38. The fraction of sp³-hybridized carbons (Fsp3) is 0.474. The minimum absolute atomic E-state index is 0.0152. The molecule has 0 unspecified atom stereocenters. The maximum atomic E-state index is 12.5. The highest BCUT2D eigenvalue weighted by atomic mass is 32.2. The highest BCUT2D eigenvalue weighted by molar-refractivity contribution is 8.01. The van der Waals surface area contributed by atoms with Crippen LogP contribution in [0.2, 0.25) is 0 Å². The molecule has 0 spiro atoms. The second-order valence-electron chi connectivity index (χ2n) is 6.75. The minimum atomic E-state index is -0.287. The summed E-state index contributed by atoms with van der Waals surface area (Å²) in [6.07, 6.45) is 3.27. The largest absolute Gasteiger partial charge is 0.484 e. The molecule has 150 valence electrons. The van der Waals surface area contributed by atoms with Gasteiger partial charge in [0.25, 0.3) is 11.8 Å². The summed E-state index contributed by atoms with van der Waals surface area (Å²) in [5, 5.41) is 11.7. The van der Waals surface area contributed by atoms with Crippen molar-refractivity contribution in [2.45, 2.75) is 42.7 Å². The molecule has 1 aliphatic rings. The Morgan fingerprint density at radius 1 is 1.25 bits per heavy atom. The molecule has 1 aliphatic heterocycles. The molecular weight excluding hydrogens is 396 g/mol. The zero-order chi connectivity index (χ0) is 19.9. The number of thioether (sulfide) groups is 1. The van der Waals surface area contributed by atoms with Crippen LogP contribution in [0.3, 0.4) is 0 Å². The number of anilines is 1. The Balaban J connectivity index is 1.55. The predicted molar refractivity (Wildman–Crippen MR) is 111 cm³/mol. The van der Waals surface area contributed by atoms with Crippen molar-refractivity contribution in [2.75, 3.05) is 25.0 Å². The van der Waals surface area contributed by atoms with Gasteiger partial charge in [0.15, 0.2) is 10.9 Å². The molecule has 0 aliphatic carbocycles. The lowest BCUT2D eigenvalue weighted by Gasteiger charge is -2.26. The molecule has 0 atom stereocenters. The van der Waals surface area contributed by atoms with Crippen LogP contribution >= 0.6 is 23.1 Å². The van der Waals surface area contributed by atoms with E-state index in [9.17, 15) is 9.59 Å². The van der Waals surface area contributed by atoms with Crippen molar-refractivity contribution in [1.29, 1.82) is 0 Å². The van der Waals surface area contributed by atoms with E-state index in [0.717, 1.165) is 30.3 Å². The van der Waals surface area contributed by atoms with Crippen molar-refractivity contribution in [1.82, 2.24) is 15.1 Å². The summed E-state index contributed by atoms with van der Waals surface area (Å²) in [6.45, 7) is 5.72. The Labute approximate surface area is 172 Å². The van der Waals surface area contributed by atoms with E-state index in [1.807, 2.05) is 4.90 Å². The van der Waals surface area contributed by atoms with E-state index in [1.54, 1.807) is 36.0 Å². The Hall–Kier alpha value is -2.13. The molecule has 28 heavy (non-hydrogen) atoms. The van der Waals surface area contributed by atoms with Gasteiger partial charge in [0.2, 0.25) is 5.13 Å². The molecule has 2 aromatic rings. The van der Waals surface area contributed by atoms with Gasteiger partial charge in [-0.3, -0.25) is 14.9 Å². The summed E-state index contributed by atoms with van der Waals surface area (Å²) in [5.41, 5.74) is 0.441. The zero-order valence-electron chi connectivity index (χ0n) is 16.0. The average Bonchev–Trinajstić information content (AvgIpc) is 3.13. The van der Waals surface area contributed by atoms with Gasteiger partial charge in [0.1, 0.15) is 5.75 Å². The first-order valence-corrected chi connectivity index (χ1v) is 11.0. The van der Waals surface area contributed by atoms with Crippen LogP contribution in [-0.4, -0.2) is 51.9 Å². The molecule has 2 amide bonds. The average molecular weight is 421 g/mol. The van der Waals surface area contributed by atoms with Crippen molar-refractivity contribution < 1.29 is 14.3 Å². The molecule has 0 saturated carbocycles. The number of benzene rings is 1. The number of nitrogens with one attached hydrogen (secondary N) is 1. The zero-order valence-corrected chi connectivity index (χ0v) is 17.6. The second-order valence-corrected chi connectivity index (χ2v) is 9.55. The third-order valence-electron chi connectivity index (χ3n) is 4.13. The lowest BCUT2D eigenvalue weighted by atomic mass is 10.1. The molecule has 2 heterocycles. The van der Waals surface area contributed by atoms with Gasteiger partial charge >= 0.3 is 0 Å². The SMILES string of the molecule is CC(C)Sc1nnc(NC(=O)c2cccc(OCC(=O)N3CCCCC3)c2)s1. The van der Waals surface area contributed by atoms with E-state index in [-0.39, 0.29) is 18.4 Å². The van der Waals surface area contributed by atoms with Crippen LogP contribution in [0, 0.1) is 0 Å². The first-order valence-electron chi connectivity index (χ1n) is 9.33. The van der Waals surface area contributed by atoms with Gasteiger partial charge in [-0.25, -0.2) is 0 Å². The fourth-order valence-corrected chi connectivity index (χ4v) is 4.76. The summed E-state index contributed by atoms with van der Waals surface area (Å²) >= 11 is 2.95. The van der Waals surface area contributed by atoms with E-state index < -0.39 is 0 Å². The molecule has 3 rings (SSSR count). The standard InChI is InChI=1S/C19H24N4O3S2/c1-13(2)27-19-22-21-18(28-19)20-17(25)14-7-6-8-15(11-14)26-12-16(24)23-9-4-3-5-10-23/h6-8,11,13H,3-5,9-10,12H2,1-2H3,(H,20,21,25). The van der Waals surface area contributed by atoms with E-state index in [0.29, 0.717) is 21.7 Å². The smallest absolute Gasteiger partial charge is 0.260 e. The van der Waals surface area contributed by atoms with E-state index in [2.05, 4.69) is 29.4 Å². The third-order valence-corrected chi connectivity index (χ3v) is 6.06. The maximum absolute atomic E-state index is 12.5. The number of carbonyl (C=O) groups is 2. The Kier molecular flexibility index (Phi) is 7.27. The van der Waals surface area contributed by atoms with Gasteiger partial charge in [-0.2, -0.15) is 0 Å². The number of rotatable bonds is 7. The van der Waals surface area contributed by atoms with Crippen LogP contribution in [0.15, 0.2) is 28.6 Å². The van der Waals surface area contributed by atoms with Crippen molar-refractivity contribution in [3.63, 3.8) is 0 Å². The van der Waals surface area contributed by atoms with E-state index in [4.69, 9.17) is 4.74 Å². The Morgan fingerprint density at radius 3 is 2.79 bits per heavy atom. The Morgan fingerprint density at radius 2 is 2.04 bits per heavy atom. The summed E-state index contributed by atoms with van der Waals surface area (Å²) in [6, 6.07) is 6.79. The highest BCUT2D eigenvalue weighted by Crippen LogP contribution is 2.28. The molecule has 1 saturated heterocycles. The molecule has 9 heteroatoms. The number of amides is 2. The quantitative estimate of drug-likeness (QED) is 0.543. The number of hydrogen-bond donors (Lipinski definition) is 1. The topological polar surface area (TPSA) is 84.4 Å². The number of piperidine rings is 1. The third kappa shape index (κ3) is 5.93. The maximum Gasteiger partial charge on any atom is 0.260 e. The van der Waals surface area contributed by atoms with Gasteiger partial charge in [-0.1, -0.05) is 43.0 Å². The van der Waals surface area contributed by atoms with Crippen LogP contribution in [0.4, 0.5) is 5.13 Å². The van der Waals surface area contributed by atoms with E-state index >= 15 is 0 Å². The van der Waals surface area contributed by atoms with Crippen LogP contribution in [0.5, 0.6) is 5.75 Å². The number of hydrogen-bond acceptors (Lipinski definition) is 7. The normalized spacial score (nSPS) is 14.2. The van der Waals surface area contributed by atoms with Crippen LogP contribution in [0.25, 0.3) is 0 Å². The molecule has 0 bridgehead atoms. The lowest BCUT2D eigenvalue weighted by molar-refractivity contribution is -0.134. The number of likely N-dealkylation sites (tertiary alicyclic amines) is 1. The van der Waals surface area contributed by atoms with Crippen molar-refractivity contribution in [3.05, 3.63) is 29.8 Å². The predicted octanol–water partition coefficient (Wildman–Crippen LogP) is 3.68. The molecule has 0 radical (unpaired) electrons. The Bertz CT molecular complexity index is 819. The molecule has 7 nitrogen and oxygen atoms in total. The summed E-state index contributed by atoms with van der Waals surface area (Å²) in [4.78, 5) is 26.5. The van der Waals surface area contributed by atoms with Gasteiger partial charge in [0.05, 0.1) is 0 Å². The first-order chi connectivity index (χ1) is 13.5. The number of nitrogens with zero attached hydrogens (tertiary/aromatic N) is 3. The molecule has 1 fully saturated rings. The summed E-state index contributed by atoms with van der Waals surface area (Å²) in [7, 11) is 0. The molecule has 1 aromatic heterocycles. The minimum Gasteiger partial charge on any atom is -0.484 e. The van der Waals surface area contributed by atoms with Crippen molar-refractivity contribution in [2.24, 2.45) is 0 Å². The molecule has 1 N–H and O–H groups in total. The number of ether oxygens (including phenoxy) is 1. The summed E-state index contributed by atoms with van der Waals surface area (Å²) < 4.78 is 6.43. The van der Waals surface area contributed by atoms with Crippen LogP contribution in [0.1, 0.15) is 43.5 Å². The summed E-state index contributed by atoms with van der Waals surface area (Å²) in [5.74, 6) is 0.190. The van der Waals surface area contributed by atoms with Crippen LogP contribution < -0.4 is 10.1 Å². The van der Waals surface area contributed by atoms with Crippen molar-refractivity contribution in [3.8, 4) is 5.75 Å². The van der Waals surface area contributed by atoms with Gasteiger partial charge < -0.3 is 9.64 Å². The molecule has 1 aromatic carbocycles. The molecular formula is C19H24N4O3S2. The van der Waals surface area contributed by atoms with E-state index in [1.165, 1.54) is 17.8 Å². The monoisotopic (exact) mass is 420 g/mol. The fourth-order valence-electron chi connectivity index (χ4n) is 2.79. The number of carbonyl (C=O) groups excluding carboxylic acids is 2. The van der Waals surface area contributed by atoms with Gasteiger partial charge in [0, 0.05) is 23.9 Å². The first kappa shape index (κ1) is 20.6. The van der Waals surface area contributed by atoms with Crippen molar-refractivity contribution >= 4 is 40.0 Å². The van der Waals surface area contributed by atoms with Crippen LogP contribution in [-0.2, 0) is 4.79 Å². The van der Waals surface area contributed by atoms with Gasteiger partial charge in [-0.05, 0) is 37.5 Å². The highest BCUT2D eigenvalue weighted by Gasteiger charge is 2.17. The van der Waals surface area contributed by atoms with Gasteiger partial charge in [-0.15, -0.1) is 10.2 Å².